The van der Waals surface area contributed by atoms with Crippen molar-refractivity contribution in [2.45, 2.75) is 33.1 Å². The van der Waals surface area contributed by atoms with Gasteiger partial charge in [-0.25, -0.2) is 0 Å². The smallest absolute Gasteiger partial charge is 0.248 e. The molecule has 0 aliphatic rings. The van der Waals surface area contributed by atoms with Crippen molar-refractivity contribution in [1.82, 2.24) is 0 Å². The molecule has 0 bridgehead atoms. The maximum atomic E-state index is 12.3. The Labute approximate surface area is 155 Å². The van der Waals surface area contributed by atoms with E-state index in [0.717, 1.165) is 23.2 Å². The molecule has 0 unspecified atom stereocenters. The summed E-state index contributed by atoms with van der Waals surface area (Å²) in [5.41, 5.74) is 2.84. The van der Waals surface area contributed by atoms with Gasteiger partial charge in [0, 0.05) is 11.8 Å². The van der Waals surface area contributed by atoms with Gasteiger partial charge in [-0.15, -0.1) is 0 Å². The first-order valence-corrected chi connectivity index (χ1v) is 8.94. The lowest BCUT2D eigenvalue weighted by Gasteiger charge is -2.12. The molecule has 0 saturated heterocycles. The molecule has 2 rings (SSSR count). The Hall–Kier alpha value is -2.75. The highest BCUT2D eigenvalue weighted by molar-refractivity contribution is 6.02. The molecule has 0 saturated carbocycles. The third-order valence-corrected chi connectivity index (χ3v) is 3.92. The fourth-order valence-corrected chi connectivity index (χ4v) is 2.58. The van der Waals surface area contributed by atoms with Gasteiger partial charge in [-0.1, -0.05) is 45.0 Å². The molecule has 26 heavy (non-hydrogen) atoms. The van der Waals surface area contributed by atoms with Crippen LogP contribution in [0.3, 0.4) is 0 Å². The predicted molar refractivity (Wildman–Crippen MR) is 107 cm³/mol. The summed E-state index contributed by atoms with van der Waals surface area (Å²) in [5.74, 6) is 1.55. The molecule has 0 aromatic heterocycles. The number of amides is 1. The summed E-state index contributed by atoms with van der Waals surface area (Å²) in [4.78, 5) is 12.3. The molecule has 2 aromatic carbocycles. The van der Waals surface area contributed by atoms with Crippen LogP contribution >= 0.6 is 0 Å². The molecule has 0 radical (unpaired) electrons. The van der Waals surface area contributed by atoms with Gasteiger partial charge in [-0.2, -0.15) is 0 Å². The monoisotopic (exact) mass is 353 g/mol. The van der Waals surface area contributed by atoms with Gasteiger partial charge in [-0.3, -0.25) is 4.79 Å². The van der Waals surface area contributed by atoms with Crippen LogP contribution < -0.4 is 14.8 Å². The van der Waals surface area contributed by atoms with E-state index in [-0.39, 0.29) is 5.91 Å². The number of hydrogen-bond acceptors (Lipinski definition) is 3. The highest BCUT2D eigenvalue weighted by atomic mass is 16.5. The minimum atomic E-state index is -0.164. The number of hydrogen-bond donors (Lipinski definition) is 1. The van der Waals surface area contributed by atoms with Gasteiger partial charge in [0.05, 0.1) is 13.7 Å². The number of carbonyl (C=O) groups is 1. The van der Waals surface area contributed by atoms with Gasteiger partial charge in [-0.05, 0) is 47.7 Å². The zero-order valence-electron chi connectivity index (χ0n) is 15.9. The average molecular weight is 353 g/mol. The first-order chi connectivity index (χ1) is 12.5. The summed E-state index contributed by atoms with van der Waals surface area (Å²) in [7, 11) is 1.61. The maximum Gasteiger partial charge on any atom is 0.248 e. The molecule has 0 aliphatic carbocycles. The topological polar surface area (TPSA) is 47.6 Å². The average Bonchev–Trinajstić information content (AvgIpc) is 2.65. The SMILES string of the molecule is CCCOc1ccc(C=CC(=O)Nc2ccccc2C(C)C)cc1OC. The zero-order valence-corrected chi connectivity index (χ0v) is 15.9. The van der Waals surface area contributed by atoms with Crippen molar-refractivity contribution < 1.29 is 14.3 Å². The molecule has 0 aliphatic heterocycles. The number of anilines is 1. The number of rotatable bonds is 8. The number of ether oxygens (including phenoxy) is 2. The van der Waals surface area contributed by atoms with Crippen LogP contribution in [0.25, 0.3) is 6.08 Å². The Bertz CT molecular complexity index is 766. The number of carbonyl (C=O) groups excluding carboxylic acids is 1. The van der Waals surface area contributed by atoms with E-state index in [4.69, 9.17) is 9.47 Å². The van der Waals surface area contributed by atoms with Crippen molar-refractivity contribution in [2.24, 2.45) is 0 Å². The molecule has 1 amide bonds. The van der Waals surface area contributed by atoms with Gasteiger partial charge in [0.2, 0.25) is 5.91 Å². The van der Waals surface area contributed by atoms with E-state index in [1.165, 1.54) is 6.08 Å². The molecular formula is C22H27NO3. The lowest BCUT2D eigenvalue weighted by molar-refractivity contribution is -0.111. The van der Waals surface area contributed by atoms with Gasteiger partial charge < -0.3 is 14.8 Å². The molecule has 138 valence electrons. The van der Waals surface area contributed by atoms with Crippen LogP contribution in [0.2, 0.25) is 0 Å². The largest absolute Gasteiger partial charge is 0.493 e. The van der Waals surface area contributed by atoms with Gasteiger partial charge in [0.1, 0.15) is 0 Å². The zero-order chi connectivity index (χ0) is 18.9. The Morgan fingerprint density at radius 3 is 2.62 bits per heavy atom. The quantitative estimate of drug-likeness (QED) is 0.659. The molecule has 1 N–H and O–H groups in total. The van der Waals surface area contributed by atoms with Crippen molar-refractivity contribution in [3.05, 3.63) is 59.7 Å². The van der Waals surface area contributed by atoms with Gasteiger partial charge in [0.15, 0.2) is 11.5 Å². The second kappa shape index (κ2) is 9.66. The fraction of sp³-hybridized carbons (Fsp3) is 0.318. The summed E-state index contributed by atoms with van der Waals surface area (Å²) < 4.78 is 11.0. The predicted octanol–water partition coefficient (Wildman–Crippen LogP) is 5.26. The lowest BCUT2D eigenvalue weighted by atomic mass is 10.0. The Morgan fingerprint density at radius 2 is 1.92 bits per heavy atom. The van der Waals surface area contributed by atoms with Crippen LogP contribution in [-0.2, 0) is 4.79 Å². The van der Waals surface area contributed by atoms with Crippen LogP contribution in [0.5, 0.6) is 11.5 Å². The van der Waals surface area contributed by atoms with Crippen LogP contribution in [0.1, 0.15) is 44.2 Å². The number of para-hydroxylation sites is 1. The van der Waals surface area contributed by atoms with Crippen molar-refractivity contribution in [1.29, 1.82) is 0 Å². The first kappa shape index (κ1) is 19.6. The minimum absolute atomic E-state index is 0.164. The van der Waals surface area contributed by atoms with Gasteiger partial charge in [0.25, 0.3) is 0 Å². The van der Waals surface area contributed by atoms with E-state index >= 15 is 0 Å². The number of benzene rings is 2. The highest BCUT2D eigenvalue weighted by Crippen LogP contribution is 2.29. The summed E-state index contributed by atoms with van der Waals surface area (Å²) in [5, 5.41) is 2.95. The second-order valence-corrected chi connectivity index (χ2v) is 6.32. The molecule has 4 heteroatoms. The van der Waals surface area contributed by atoms with Crippen molar-refractivity contribution in [3.63, 3.8) is 0 Å². The van der Waals surface area contributed by atoms with Crippen molar-refractivity contribution in [2.75, 3.05) is 19.0 Å². The molecule has 0 fully saturated rings. The minimum Gasteiger partial charge on any atom is -0.493 e. The number of methoxy groups -OCH3 is 1. The van der Waals surface area contributed by atoms with Crippen LogP contribution in [-0.4, -0.2) is 19.6 Å². The summed E-state index contributed by atoms with van der Waals surface area (Å²) >= 11 is 0. The molecule has 2 aromatic rings. The molecular weight excluding hydrogens is 326 g/mol. The summed E-state index contributed by atoms with van der Waals surface area (Å²) in [6.07, 6.45) is 4.22. The maximum absolute atomic E-state index is 12.3. The third kappa shape index (κ3) is 5.38. The van der Waals surface area contributed by atoms with E-state index in [1.807, 2.05) is 42.5 Å². The number of nitrogens with one attached hydrogen (secondary N) is 1. The van der Waals surface area contributed by atoms with Crippen molar-refractivity contribution >= 4 is 17.7 Å². The lowest BCUT2D eigenvalue weighted by Crippen LogP contribution is -2.10. The van der Waals surface area contributed by atoms with E-state index in [0.29, 0.717) is 24.0 Å². The third-order valence-electron chi connectivity index (χ3n) is 3.92. The van der Waals surface area contributed by atoms with E-state index < -0.39 is 0 Å². The Kier molecular flexibility index (Phi) is 7.27. The second-order valence-electron chi connectivity index (χ2n) is 6.32. The van der Waals surface area contributed by atoms with E-state index in [2.05, 4.69) is 26.1 Å². The molecule has 0 atom stereocenters. The highest BCUT2D eigenvalue weighted by Gasteiger charge is 2.08. The van der Waals surface area contributed by atoms with Crippen LogP contribution in [0, 0.1) is 0 Å². The Balaban J connectivity index is 2.08. The molecule has 0 spiro atoms. The van der Waals surface area contributed by atoms with Crippen LogP contribution in [0.15, 0.2) is 48.5 Å². The summed E-state index contributed by atoms with van der Waals surface area (Å²) in [6, 6.07) is 13.5. The Morgan fingerprint density at radius 1 is 1.15 bits per heavy atom. The molecule has 4 nitrogen and oxygen atoms in total. The molecule has 0 heterocycles. The summed E-state index contributed by atoms with van der Waals surface area (Å²) in [6.45, 7) is 6.91. The van der Waals surface area contributed by atoms with E-state index in [9.17, 15) is 4.79 Å². The van der Waals surface area contributed by atoms with Crippen LogP contribution in [0.4, 0.5) is 5.69 Å². The first-order valence-electron chi connectivity index (χ1n) is 8.94. The standard InChI is InChI=1S/C22H27NO3/c1-5-14-26-20-12-10-17(15-21(20)25-4)11-13-22(24)23-19-9-7-6-8-18(19)16(2)3/h6-13,15-16H,5,14H2,1-4H3,(H,23,24). The fourth-order valence-electron chi connectivity index (χ4n) is 2.58. The van der Waals surface area contributed by atoms with Gasteiger partial charge >= 0.3 is 0 Å². The normalized spacial score (nSPS) is 11.0. The van der Waals surface area contributed by atoms with Crippen molar-refractivity contribution in [3.8, 4) is 11.5 Å². The van der Waals surface area contributed by atoms with E-state index in [1.54, 1.807) is 13.2 Å².